The Morgan fingerprint density at radius 3 is 2.38 bits per heavy atom. The highest BCUT2D eigenvalue weighted by Crippen LogP contribution is 2.29. The summed E-state index contributed by atoms with van der Waals surface area (Å²) < 4.78 is 16.0. The van der Waals surface area contributed by atoms with Crippen LogP contribution in [-0.2, 0) is 4.79 Å². The average molecular weight is 350 g/mol. The molecule has 0 aliphatic carbocycles. The molecule has 6 heteroatoms. The maximum Gasteiger partial charge on any atom is 0.258 e. The van der Waals surface area contributed by atoms with Crippen LogP contribution in [0.15, 0.2) is 42.5 Å². The number of halogens is 1. The summed E-state index contributed by atoms with van der Waals surface area (Å²) >= 11 is 5.81. The van der Waals surface area contributed by atoms with Crippen molar-refractivity contribution in [1.82, 2.24) is 5.32 Å². The van der Waals surface area contributed by atoms with Crippen molar-refractivity contribution in [1.29, 1.82) is 0 Å². The highest BCUT2D eigenvalue weighted by Gasteiger charge is 2.15. The Balaban J connectivity index is 1.97. The van der Waals surface area contributed by atoms with Crippen molar-refractivity contribution in [2.24, 2.45) is 0 Å². The zero-order chi connectivity index (χ0) is 17.5. The van der Waals surface area contributed by atoms with Crippen LogP contribution in [0.3, 0.4) is 0 Å². The van der Waals surface area contributed by atoms with Gasteiger partial charge in [-0.15, -0.1) is 0 Å². The van der Waals surface area contributed by atoms with Gasteiger partial charge in [-0.25, -0.2) is 0 Å². The van der Waals surface area contributed by atoms with Gasteiger partial charge in [0.05, 0.1) is 20.3 Å². The number of carbonyl (C=O) groups is 1. The van der Waals surface area contributed by atoms with Crippen LogP contribution in [0.1, 0.15) is 18.5 Å². The Morgan fingerprint density at radius 2 is 1.75 bits per heavy atom. The molecule has 1 amide bonds. The molecule has 0 fully saturated rings. The van der Waals surface area contributed by atoms with Crippen molar-refractivity contribution < 1.29 is 19.0 Å². The van der Waals surface area contributed by atoms with Gasteiger partial charge in [0.2, 0.25) is 0 Å². The zero-order valence-electron chi connectivity index (χ0n) is 13.8. The summed E-state index contributed by atoms with van der Waals surface area (Å²) in [6, 6.07) is 12.0. The van der Waals surface area contributed by atoms with E-state index in [1.54, 1.807) is 50.6 Å². The van der Waals surface area contributed by atoms with Gasteiger partial charge in [0.15, 0.2) is 6.61 Å². The van der Waals surface area contributed by atoms with E-state index in [-0.39, 0.29) is 18.6 Å². The molecule has 0 spiro atoms. The normalized spacial score (nSPS) is 11.5. The fourth-order valence-electron chi connectivity index (χ4n) is 2.22. The Kier molecular flexibility index (Phi) is 6.32. The molecule has 1 N–H and O–H groups in total. The van der Waals surface area contributed by atoms with Gasteiger partial charge in [-0.2, -0.15) is 0 Å². The number of hydrogen-bond donors (Lipinski definition) is 1. The Morgan fingerprint density at radius 1 is 1.08 bits per heavy atom. The van der Waals surface area contributed by atoms with E-state index in [1.165, 1.54) is 0 Å². The first-order valence-corrected chi connectivity index (χ1v) is 7.81. The van der Waals surface area contributed by atoms with Gasteiger partial charge >= 0.3 is 0 Å². The third-order valence-corrected chi connectivity index (χ3v) is 3.72. The quantitative estimate of drug-likeness (QED) is 0.829. The number of ether oxygens (including phenoxy) is 3. The van der Waals surface area contributed by atoms with Crippen molar-refractivity contribution in [2.75, 3.05) is 20.8 Å². The molecule has 2 aromatic rings. The number of carbonyl (C=O) groups excluding carboxylic acids is 1. The van der Waals surface area contributed by atoms with Crippen LogP contribution in [0.4, 0.5) is 0 Å². The Labute approximate surface area is 146 Å². The summed E-state index contributed by atoms with van der Waals surface area (Å²) in [5.41, 5.74) is 0.830. The minimum atomic E-state index is -0.253. The number of nitrogens with one attached hydrogen (secondary N) is 1. The maximum absolute atomic E-state index is 12.1. The highest BCUT2D eigenvalue weighted by atomic mass is 35.5. The molecule has 0 aromatic heterocycles. The summed E-state index contributed by atoms with van der Waals surface area (Å²) in [5.74, 6) is 1.73. The van der Waals surface area contributed by atoms with Gasteiger partial charge < -0.3 is 19.5 Å². The second-order valence-corrected chi connectivity index (χ2v) is 5.58. The van der Waals surface area contributed by atoms with Gasteiger partial charge in [0.25, 0.3) is 5.91 Å². The summed E-state index contributed by atoms with van der Waals surface area (Å²) in [7, 11) is 3.18. The molecular weight excluding hydrogens is 330 g/mol. The fourth-order valence-corrected chi connectivity index (χ4v) is 2.34. The number of amides is 1. The molecule has 5 nitrogen and oxygen atoms in total. The number of methoxy groups -OCH3 is 2. The molecule has 0 aliphatic heterocycles. The topological polar surface area (TPSA) is 56.8 Å². The average Bonchev–Trinajstić information content (AvgIpc) is 2.60. The third kappa shape index (κ3) is 4.80. The van der Waals surface area contributed by atoms with Gasteiger partial charge in [0, 0.05) is 10.6 Å². The van der Waals surface area contributed by atoms with Crippen molar-refractivity contribution in [3.8, 4) is 17.2 Å². The van der Waals surface area contributed by atoms with E-state index in [1.807, 2.05) is 13.0 Å². The molecule has 0 radical (unpaired) electrons. The van der Waals surface area contributed by atoms with Crippen LogP contribution in [0.2, 0.25) is 5.02 Å². The second-order valence-electron chi connectivity index (χ2n) is 5.14. The van der Waals surface area contributed by atoms with Crippen LogP contribution in [0.5, 0.6) is 17.2 Å². The number of benzene rings is 2. The van der Waals surface area contributed by atoms with Crippen LogP contribution in [0.25, 0.3) is 0 Å². The molecule has 0 heterocycles. The van der Waals surface area contributed by atoms with E-state index < -0.39 is 0 Å². The molecule has 0 bridgehead atoms. The molecule has 0 saturated heterocycles. The summed E-state index contributed by atoms with van der Waals surface area (Å²) in [6.07, 6.45) is 0. The van der Waals surface area contributed by atoms with Crippen LogP contribution >= 0.6 is 11.6 Å². The van der Waals surface area contributed by atoms with E-state index in [2.05, 4.69) is 5.32 Å². The lowest BCUT2D eigenvalue weighted by molar-refractivity contribution is -0.123. The molecule has 24 heavy (non-hydrogen) atoms. The minimum absolute atomic E-state index is 0.0851. The zero-order valence-corrected chi connectivity index (χ0v) is 14.6. The number of hydrogen-bond acceptors (Lipinski definition) is 4. The van der Waals surface area contributed by atoms with Crippen molar-refractivity contribution in [2.45, 2.75) is 13.0 Å². The lowest BCUT2D eigenvalue weighted by Gasteiger charge is -2.18. The molecule has 128 valence electrons. The number of rotatable bonds is 7. The first-order valence-electron chi connectivity index (χ1n) is 7.43. The predicted octanol–water partition coefficient (Wildman–Crippen LogP) is 3.61. The van der Waals surface area contributed by atoms with Crippen molar-refractivity contribution in [3.05, 3.63) is 53.1 Å². The largest absolute Gasteiger partial charge is 0.497 e. The summed E-state index contributed by atoms with van der Waals surface area (Å²) in [5, 5.41) is 3.49. The van der Waals surface area contributed by atoms with Gasteiger partial charge in [-0.1, -0.05) is 11.6 Å². The van der Waals surface area contributed by atoms with Gasteiger partial charge in [0.1, 0.15) is 17.2 Å². The van der Waals surface area contributed by atoms with E-state index >= 15 is 0 Å². The lowest BCUT2D eigenvalue weighted by atomic mass is 10.1. The van der Waals surface area contributed by atoms with E-state index in [4.69, 9.17) is 25.8 Å². The minimum Gasteiger partial charge on any atom is -0.497 e. The van der Waals surface area contributed by atoms with Crippen LogP contribution in [0, 0.1) is 0 Å². The molecule has 0 aliphatic rings. The molecule has 2 aromatic carbocycles. The first-order chi connectivity index (χ1) is 11.5. The van der Waals surface area contributed by atoms with Crippen LogP contribution < -0.4 is 19.5 Å². The van der Waals surface area contributed by atoms with Gasteiger partial charge in [-0.05, 0) is 49.4 Å². The first kappa shape index (κ1) is 17.9. The van der Waals surface area contributed by atoms with Crippen LogP contribution in [-0.4, -0.2) is 26.7 Å². The van der Waals surface area contributed by atoms with E-state index in [0.29, 0.717) is 22.3 Å². The standard InChI is InChI=1S/C18H20ClNO4/c1-12(16-10-15(22-2)8-9-17(16)23-3)20-18(21)11-24-14-6-4-13(19)5-7-14/h4-10,12H,11H2,1-3H3,(H,20,21)/t12-/m1/s1. The molecular formula is C18H20ClNO4. The fraction of sp³-hybridized carbons (Fsp3) is 0.278. The van der Waals surface area contributed by atoms with E-state index in [0.717, 1.165) is 5.56 Å². The van der Waals surface area contributed by atoms with Crippen molar-refractivity contribution in [3.63, 3.8) is 0 Å². The second kappa shape index (κ2) is 8.45. The maximum atomic E-state index is 12.1. The molecule has 0 saturated carbocycles. The predicted molar refractivity (Wildman–Crippen MR) is 93.1 cm³/mol. The third-order valence-electron chi connectivity index (χ3n) is 3.46. The smallest absolute Gasteiger partial charge is 0.258 e. The highest BCUT2D eigenvalue weighted by molar-refractivity contribution is 6.30. The van der Waals surface area contributed by atoms with Crippen molar-refractivity contribution >= 4 is 17.5 Å². The monoisotopic (exact) mass is 349 g/mol. The summed E-state index contributed by atoms with van der Waals surface area (Å²) in [4.78, 5) is 12.1. The molecule has 1 atom stereocenters. The Hall–Kier alpha value is -2.40. The summed E-state index contributed by atoms with van der Waals surface area (Å²) in [6.45, 7) is 1.79. The SMILES string of the molecule is COc1ccc(OC)c([C@@H](C)NC(=O)COc2ccc(Cl)cc2)c1. The lowest BCUT2D eigenvalue weighted by Crippen LogP contribution is -2.31. The molecule has 2 rings (SSSR count). The Bertz CT molecular complexity index is 688. The molecule has 0 unspecified atom stereocenters. The van der Waals surface area contributed by atoms with Gasteiger partial charge in [-0.3, -0.25) is 4.79 Å². The van der Waals surface area contributed by atoms with E-state index in [9.17, 15) is 4.79 Å².